The van der Waals surface area contributed by atoms with E-state index >= 15 is 0 Å². The van der Waals surface area contributed by atoms with Gasteiger partial charge in [0.05, 0.1) is 0 Å². The Hall–Kier alpha value is -3.10. The zero-order chi connectivity index (χ0) is 15.4. The van der Waals surface area contributed by atoms with Crippen LogP contribution in [0.3, 0.4) is 0 Å². The number of nitrogen functional groups attached to an aromatic ring is 1. The number of anilines is 1. The van der Waals surface area contributed by atoms with E-state index in [1.165, 1.54) is 12.1 Å². The highest BCUT2D eigenvalue weighted by Crippen LogP contribution is 2.12. The summed E-state index contributed by atoms with van der Waals surface area (Å²) in [5.74, 6) is -2.16. The van der Waals surface area contributed by atoms with Crippen molar-refractivity contribution in [3.05, 3.63) is 35.5 Å². The zero-order valence-electron chi connectivity index (χ0n) is 10.7. The number of carbonyl (C=O) groups excluding carboxylic acids is 1. The molecule has 0 aliphatic rings. The molecule has 1 aromatic carbocycles. The molecule has 2 aromatic rings. The van der Waals surface area contributed by atoms with Crippen LogP contribution < -0.4 is 11.1 Å². The lowest BCUT2D eigenvalue weighted by Gasteiger charge is -2.13. The minimum absolute atomic E-state index is 0.0343. The second-order valence-corrected chi connectivity index (χ2v) is 4.23. The number of aromatic hydroxyl groups is 1. The van der Waals surface area contributed by atoms with Gasteiger partial charge in [0.1, 0.15) is 11.8 Å². The van der Waals surface area contributed by atoms with Crippen LogP contribution in [-0.4, -0.2) is 38.4 Å². The largest absolute Gasteiger partial charge is 0.508 e. The summed E-state index contributed by atoms with van der Waals surface area (Å²) in [6.45, 7) is 0. The van der Waals surface area contributed by atoms with Crippen molar-refractivity contribution in [2.75, 3.05) is 5.73 Å². The lowest BCUT2D eigenvalue weighted by atomic mass is 10.1. The van der Waals surface area contributed by atoms with Gasteiger partial charge in [0.25, 0.3) is 5.91 Å². The van der Waals surface area contributed by atoms with Crippen molar-refractivity contribution in [3.8, 4) is 5.75 Å². The highest BCUT2D eigenvalue weighted by molar-refractivity contribution is 5.98. The number of carbonyl (C=O) groups is 2. The number of carboxylic acids is 1. The summed E-state index contributed by atoms with van der Waals surface area (Å²) in [6, 6.07) is 4.79. The number of amides is 1. The molecular weight excluding hydrogens is 280 g/mol. The standard InChI is InChI=1S/C12H12N4O5/c13-10-9(15-21-16-10)11(18)14-8(12(19)20)5-6-1-3-7(17)4-2-6/h1-4,8,17H,5H2,(H2,13,16)(H,14,18)(H,19,20)/t8-/m0/s1. The lowest BCUT2D eigenvalue weighted by Crippen LogP contribution is -2.42. The van der Waals surface area contributed by atoms with Crippen LogP contribution in [-0.2, 0) is 11.2 Å². The molecule has 0 aliphatic heterocycles. The molecule has 0 unspecified atom stereocenters. The molecule has 0 bridgehead atoms. The maximum atomic E-state index is 11.8. The van der Waals surface area contributed by atoms with Crippen molar-refractivity contribution in [1.29, 1.82) is 0 Å². The van der Waals surface area contributed by atoms with Gasteiger partial charge in [0.2, 0.25) is 11.5 Å². The van der Waals surface area contributed by atoms with Gasteiger partial charge >= 0.3 is 5.97 Å². The third kappa shape index (κ3) is 3.47. The number of aliphatic carboxylic acids is 1. The Morgan fingerprint density at radius 1 is 1.29 bits per heavy atom. The number of nitrogens with zero attached hydrogens (tertiary/aromatic N) is 2. The monoisotopic (exact) mass is 292 g/mol. The van der Waals surface area contributed by atoms with Crippen molar-refractivity contribution < 1.29 is 24.4 Å². The van der Waals surface area contributed by atoms with Crippen LogP contribution in [0.2, 0.25) is 0 Å². The number of carboxylic acid groups (broad SMARTS) is 1. The first-order valence-corrected chi connectivity index (χ1v) is 5.87. The van der Waals surface area contributed by atoms with E-state index in [-0.39, 0.29) is 23.7 Å². The number of hydrogen-bond donors (Lipinski definition) is 4. The first-order valence-electron chi connectivity index (χ1n) is 5.87. The van der Waals surface area contributed by atoms with Gasteiger partial charge in [-0.05, 0) is 28.0 Å². The second-order valence-electron chi connectivity index (χ2n) is 4.23. The molecule has 1 amide bonds. The van der Waals surface area contributed by atoms with E-state index in [1.54, 1.807) is 12.1 Å². The molecule has 2 rings (SSSR count). The number of rotatable bonds is 5. The highest BCUT2D eigenvalue weighted by atomic mass is 16.6. The van der Waals surface area contributed by atoms with Gasteiger partial charge in [0.15, 0.2) is 0 Å². The van der Waals surface area contributed by atoms with Crippen LogP contribution in [0.15, 0.2) is 28.9 Å². The molecular formula is C12H12N4O5. The topological polar surface area (TPSA) is 152 Å². The second kappa shape index (κ2) is 5.90. The predicted molar refractivity (Wildman–Crippen MR) is 69.4 cm³/mol. The van der Waals surface area contributed by atoms with Crippen LogP contribution in [0.4, 0.5) is 5.82 Å². The molecule has 1 aromatic heterocycles. The Bertz CT molecular complexity index is 652. The smallest absolute Gasteiger partial charge is 0.326 e. The Morgan fingerprint density at radius 2 is 1.95 bits per heavy atom. The SMILES string of the molecule is Nc1nonc1C(=O)N[C@@H](Cc1ccc(O)cc1)C(=O)O. The van der Waals surface area contributed by atoms with Crippen LogP contribution in [0.25, 0.3) is 0 Å². The Morgan fingerprint density at radius 3 is 2.48 bits per heavy atom. The third-order valence-electron chi connectivity index (χ3n) is 2.71. The molecule has 1 atom stereocenters. The van der Waals surface area contributed by atoms with Gasteiger partial charge in [-0.1, -0.05) is 12.1 Å². The van der Waals surface area contributed by atoms with Crippen LogP contribution in [0, 0.1) is 0 Å². The summed E-state index contributed by atoms with van der Waals surface area (Å²) in [7, 11) is 0. The van der Waals surface area contributed by atoms with Crippen molar-refractivity contribution in [2.45, 2.75) is 12.5 Å². The predicted octanol–water partition coefficient (Wildman–Crippen LogP) is -0.217. The van der Waals surface area contributed by atoms with Gasteiger partial charge in [-0.2, -0.15) is 0 Å². The van der Waals surface area contributed by atoms with E-state index in [4.69, 9.17) is 10.8 Å². The van der Waals surface area contributed by atoms with E-state index in [0.29, 0.717) is 5.56 Å². The summed E-state index contributed by atoms with van der Waals surface area (Å²) in [5, 5.41) is 27.1. The summed E-state index contributed by atoms with van der Waals surface area (Å²) in [5.41, 5.74) is 5.72. The first-order chi connectivity index (χ1) is 9.97. The zero-order valence-corrected chi connectivity index (χ0v) is 10.7. The molecule has 5 N–H and O–H groups in total. The van der Waals surface area contributed by atoms with Gasteiger partial charge in [-0.25, -0.2) is 9.42 Å². The van der Waals surface area contributed by atoms with E-state index in [1.807, 2.05) is 0 Å². The quantitative estimate of drug-likeness (QED) is 0.590. The number of nitrogens with one attached hydrogen (secondary N) is 1. The van der Waals surface area contributed by atoms with Gasteiger partial charge < -0.3 is 21.3 Å². The fourth-order valence-electron chi connectivity index (χ4n) is 1.65. The number of aromatic nitrogens is 2. The summed E-state index contributed by atoms with van der Waals surface area (Å²) >= 11 is 0. The average Bonchev–Trinajstić information content (AvgIpc) is 2.86. The minimum Gasteiger partial charge on any atom is -0.508 e. The van der Waals surface area contributed by atoms with E-state index in [0.717, 1.165) is 0 Å². The lowest BCUT2D eigenvalue weighted by molar-refractivity contribution is -0.139. The molecule has 9 nitrogen and oxygen atoms in total. The number of phenolic OH excluding ortho intramolecular Hbond substituents is 1. The summed E-state index contributed by atoms with van der Waals surface area (Å²) in [6.07, 6.45) is 0.0343. The molecule has 0 saturated carbocycles. The van der Waals surface area contributed by atoms with Crippen molar-refractivity contribution in [3.63, 3.8) is 0 Å². The molecule has 0 spiro atoms. The van der Waals surface area contributed by atoms with Crippen LogP contribution in [0.1, 0.15) is 16.1 Å². The normalized spacial score (nSPS) is 11.8. The van der Waals surface area contributed by atoms with Crippen molar-refractivity contribution >= 4 is 17.7 Å². The van der Waals surface area contributed by atoms with Crippen molar-refractivity contribution in [1.82, 2.24) is 15.6 Å². The number of hydrogen-bond acceptors (Lipinski definition) is 7. The number of phenols is 1. The van der Waals surface area contributed by atoms with Gasteiger partial charge in [-0.15, -0.1) is 0 Å². The summed E-state index contributed by atoms with van der Waals surface area (Å²) in [4.78, 5) is 23.0. The van der Waals surface area contributed by atoms with E-state index in [2.05, 4.69) is 20.3 Å². The molecule has 110 valence electrons. The molecule has 0 saturated heterocycles. The number of benzene rings is 1. The van der Waals surface area contributed by atoms with Crippen LogP contribution in [0.5, 0.6) is 5.75 Å². The molecule has 1 heterocycles. The molecule has 0 aliphatic carbocycles. The molecule has 21 heavy (non-hydrogen) atoms. The average molecular weight is 292 g/mol. The molecule has 9 heteroatoms. The summed E-state index contributed by atoms with van der Waals surface area (Å²) < 4.78 is 4.28. The first kappa shape index (κ1) is 14.3. The molecule has 0 fully saturated rings. The van der Waals surface area contributed by atoms with Crippen LogP contribution >= 0.6 is 0 Å². The Balaban J connectivity index is 2.09. The minimum atomic E-state index is -1.22. The fourth-order valence-corrected chi connectivity index (χ4v) is 1.65. The maximum Gasteiger partial charge on any atom is 0.326 e. The highest BCUT2D eigenvalue weighted by Gasteiger charge is 2.24. The van der Waals surface area contributed by atoms with Gasteiger partial charge in [-0.3, -0.25) is 4.79 Å². The molecule has 0 radical (unpaired) electrons. The Labute approximate surface area is 118 Å². The maximum absolute atomic E-state index is 11.8. The fraction of sp³-hybridized carbons (Fsp3) is 0.167. The van der Waals surface area contributed by atoms with E-state index < -0.39 is 17.9 Å². The number of nitrogens with two attached hydrogens (primary N) is 1. The van der Waals surface area contributed by atoms with Crippen molar-refractivity contribution in [2.24, 2.45) is 0 Å². The van der Waals surface area contributed by atoms with E-state index in [9.17, 15) is 14.7 Å². The third-order valence-corrected chi connectivity index (χ3v) is 2.71. The van der Waals surface area contributed by atoms with Gasteiger partial charge in [0, 0.05) is 6.42 Å². The Kier molecular flexibility index (Phi) is 4.02.